The highest BCUT2D eigenvalue weighted by atomic mass is 32.3. The summed E-state index contributed by atoms with van der Waals surface area (Å²) in [6.45, 7) is 1.70. The molecule has 0 bridgehead atoms. The average molecular weight is 443 g/mol. The molecule has 0 spiro atoms. The minimum Gasteiger partial charge on any atom is -0.265 e. The number of unbranched alkanes of at least 4 members (excludes halogenated alkanes) is 3. The van der Waals surface area contributed by atoms with E-state index in [1.165, 1.54) is 0 Å². The maximum atomic E-state index is 12.4. The molecular formula is C14H19F6NO4S2. The number of sulfone groups is 2. The van der Waals surface area contributed by atoms with Crippen LogP contribution in [0, 0.1) is 0 Å². The van der Waals surface area contributed by atoms with Crippen molar-refractivity contribution < 1.29 is 43.2 Å². The lowest BCUT2D eigenvalue weighted by Crippen LogP contribution is -2.44. The molecule has 0 radical (unpaired) electrons. The molecule has 1 heterocycles. The first kappa shape index (κ1) is 25.6. The molecule has 0 saturated carbocycles. The number of aromatic nitrogens is 1. The highest BCUT2D eigenvalue weighted by Gasteiger charge is 2.62. The van der Waals surface area contributed by atoms with Gasteiger partial charge in [-0.25, -0.2) is 16.8 Å². The zero-order valence-electron chi connectivity index (χ0n) is 14.2. The van der Waals surface area contributed by atoms with E-state index in [9.17, 15) is 43.2 Å². The highest BCUT2D eigenvalue weighted by molar-refractivity contribution is 8.09. The number of nitrogens with zero attached hydrogens (tertiary/aromatic N) is 1. The van der Waals surface area contributed by atoms with E-state index in [2.05, 4.69) is 4.98 Å². The second-order valence-corrected chi connectivity index (χ2v) is 9.83. The van der Waals surface area contributed by atoms with Gasteiger partial charge in [0, 0.05) is 12.4 Å². The Labute approximate surface area is 153 Å². The van der Waals surface area contributed by atoms with Crippen LogP contribution < -0.4 is 0 Å². The second-order valence-electron chi connectivity index (χ2n) is 5.28. The normalized spacial score (nSPS) is 13.2. The molecular weight excluding hydrogens is 424 g/mol. The Bertz CT molecular complexity index is 675. The van der Waals surface area contributed by atoms with Crippen molar-refractivity contribution in [1.29, 1.82) is 0 Å². The van der Waals surface area contributed by atoms with Crippen molar-refractivity contribution in [1.82, 2.24) is 4.98 Å². The largest absolute Gasteiger partial charge is 0.498 e. The summed E-state index contributed by atoms with van der Waals surface area (Å²) in [7, 11) is -12.9. The molecule has 0 aliphatic heterocycles. The number of alkyl halides is 6. The Hall–Kier alpha value is -1.37. The molecule has 1 rings (SSSR count). The summed E-state index contributed by atoms with van der Waals surface area (Å²) in [5.41, 5.74) is -12.1. The van der Waals surface area contributed by atoms with E-state index in [-0.39, 0.29) is 12.8 Å². The van der Waals surface area contributed by atoms with Crippen LogP contribution in [0.2, 0.25) is 0 Å². The van der Waals surface area contributed by atoms with E-state index in [0.717, 1.165) is 0 Å². The fourth-order valence-electron chi connectivity index (χ4n) is 1.83. The van der Waals surface area contributed by atoms with Crippen LogP contribution in [0.25, 0.3) is 0 Å². The first-order valence-electron chi connectivity index (χ1n) is 7.65. The first-order valence-corrected chi connectivity index (χ1v) is 10.7. The van der Waals surface area contributed by atoms with E-state index < -0.39 is 41.7 Å². The van der Waals surface area contributed by atoms with Crippen LogP contribution in [0.15, 0.2) is 30.6 Å². The Kier molecular flexibility index (Phi) is 9.73. The number of pyridine rings is 1. The van der Waals surface area contributed by atoms with Crippen molar-refractivity contribution in [3.8, 4) is 0 Å². The summed E-state index contributed by atoms with van der Waals surface area (Å²) in [4.78, 5) is 3.78. The van der Waals surface area contributed by atoms with Crippen molar-refractivity contribution in [2.24, 2.45) is 0 Å². The van der Waals surface area contributed by atoms with E-state index in [4.69, 9.17) is 0 Å². The zero-order chi connectivity index (χ0) is 21.4. The fourth-order valence-corrected chi connectivity index (χ4v) is 5.36. The summed E-state index contributed by atoms with van der Waals surface area (Å²) >= 11 is 0. The summed E-state index contributed by atoms with van der Waals surface area (Å²) in [5, 5.41) is 0. The molecule has 0 aliphatic rings. The third-order valence-corrected chi connectivity index (χ3v) is 7.86. The van der Waals surface area contributed by atoms with Gasteiger partial charge < -0.3 is 0 Å². The van der Waals surface area contributed by atoms with Crippen molar-refractivity contribution >= 4 is 19.7 Å². The van der Waals surface area contributed by atoms with Gasteiger partial charge in [-0.1, -0.05) is 38.7 Å². The van der Waals surface area contributed by atoms with Crippen LogP contribution in [0.5, 0.6) is 0 Å². The zero-order valence-corrected chi connectivity index (χ0v) is 15.8. The molecule has 0 saturated heterocycles. The van der Waals surface area contributed by atoms with E-state index in [1.807, 2.05) is 18.2 Å². The number of hydrogen-bond donors (Lipinski definition) is 0. The molecule has 0 unspecified atom stereocenters. The lowest BCUT2D eigenvalue weighted by Gasteiger charge is -2.20. The molecule has 0 amide bonds. The maximum absolute atomic E-state index is 12.4. The molecule has 13 heteroatoms. The Balaban J connectivity index is 0.000000941. The van der Waals surface area contributed by atoms with Gasteiger partial charge in [-0.3, -0.25) is 4.98 Å². The van der Waals surface area contributed by atoms with Crippen LogP contribution in [-0.2, 0) is 19.7 Å². The third-order valence-electron chi connectivity index (χ3n) is 3.20. The van der Waals surface area contributed by atoms with Crippen molar-refractivity contribution in [2.75, 3.05) is 0 Å². The molecule has 0 aliphatic carbocycles. The van der Waals surface area contributed by atoms with Gasteiger partial charge in [0.1, 0.15) is 0 Å². The molecule has 5 nitrogen and oxygen atoms in total. The summed E-state index contributed by atoms with van der Waals surface area (Å²) in [5.74, 6) is 0. The lowest BCUT2D eigenvalue weighted by molar-refractivity contribution is -0.0472. The van der Waals surface area contributed by atoms with Crippen LogP contribution >= 0.6 is 0 Å². The van der Waals surface area contributed by atoms with Crippen molar-refractivity contribution in [2.45, 2.75) is 54.6 Å². The van der Waals surface area contributed by atoms with Crippen LogP contribution in [0.1, 0.15) is 39.0 Å². The van der Waals surface area contributed by atoms with Gasteiger partial charge in [0.25, 0.3) is 19.7 Å². The summed E-state index contributed by atoms with van der Waals surface area (Å²) in [6.07, 6.45) is 3.04. The standard InChI is InChI=1S/C9H14F6O4S2.C5H5N/c1-2-3-4-5-6-7(20(16,17)8(10,11)12)21(18,19)9(13,14)15;1-2-4-6-5-3-1/h7H,2-6H2,1H3;1-5H. The second kappa shape index (κ2) is 10.2. The SMILES string of the molecule is CCCCCCC(S(=O)(=O)C(F)(F)F)S(=O)(=O)C(F)(F)F.c1ccncc1. The van der Waals surface area contributed by atoms with Crippen LogP contribution in [0.3, 0.4) is 0 Å². The van der Waals surface area contributed by atoms with E-state index in [1.54, 1.807) is 19.3 Å². The van der Waals surface area contributed by atoms with Crippen molar-refractivity contribution in [3.05, 3.63) is 30.6 Å². The first-order chi connectivity index (χ1) is 12.2. The van der Waals surface area contributed by atoms with Gasteiger partial charge >= 0.3 is 11.0 Å². The summed E-state index contributed by atoms with van der Waals surface area (Å²) in [6, 6.07) is 5.72. The molecule has 0 aromatic carbocycles. The maximum Gasteiger partial charge on any atom is 0.498 e. The van der Waals surface area contributed by atoms with Gasteiger partial charge in [-0.15, -0.1) is 0 Å². The summed E-state index contributed by atoms with van der Waals surface area (Å²) < 4.78 is 115. The molecule has 1 aromatic rings. The minimum absolute atomic E-state index is 0.133. The predicted molar refractivity (Wildman–Crippen MR) is 86.7 cm³/mol. The van der Waals surface area contributed by atoms with Gasteiger partial charge in [0.05, 0.1) is 0 Å². The molecule has 158 valence electrons. The third kappa shape index (κ3) is 7.64. The smallest absolute Gasteiger partial charge is 0.265 e. The molecule has 27 heavy (non-hydrogen) atoms. The Morgan fingerprint density at radius 1 is 0.778 bits per heavy atom. The Morgan fingerprint density at radius 3 is 1.48 bits per heavy atom. The van der Waals surface area contributed by atoms with Gasteiger partial charge in [0.15, 0.2) is 4.58 Å². The topological polar surface area (TPSA) is 81.2 Å². The average Bonchev–Trinajstić information content (AvgIpc) is 2.54. The number of hydrogen-bond acceptors (Lipinski definition) is 5. The molecule has 0 fully saturated rings. The van der Waals surface area contributed by atoms with Gasteiger partial charge in [0.2, 0.25) is 0 Å². The molecule has 1 aromatic heterocycles. The molecule has 0 N–H and O–H groups in total. The quantitative estimate of drug-likeness (QED) is 0.465. The highest BCUT2D eigenvalue weighted by Crippen LogP contribution is 2.38. The van der Waals surface area contributed by atoms with E-state index >= 15 is 0 Å². The molecule has 0 atom stereocenters. The fraction of sp³-hybridized carbons (Fsp3) is 0.643. The lowest BCUT2D eigenvalue weighted by atomic mass is 10.2. The van der Waals surface area contributed by atoms with Crippen LogP contribution in [0.4, 0.5) is 26.3 Å². The van der Waals surface area contributed by atoms with Crippen LogP contribution in [-0.4, -0.2) is 37.4 Å². The minimum atomic E-state index is -6.47. The van der Waals surface area contributed by atoms with Crippen molar-refractivity contribution in [3.63, 3.8) is 0 Å². The predicted octanol–water partition coefficient (Wildman–Crippen LogP) is 4.23. The van der Waals surface area contributed by atoms with E-state index in [0.29, 0.717) is 12.8 Å². The van der Waals surface area contributed by atoms with Gasteiger partial charge in [-0.05, 0) is 18.6 Å². The van der Waals surface area contributed by atoms with Gasteiger partial charge in [-0.2, -0.15) is 26.3 Å². The Morgan fingerprint density at radius 2 is 1.22 bits per heavy atom. The number of rotatable bonds is 7. The number of halogens is 6. The monoisotopic (exact) mass is 443 g/mol.